The average Bonchev–Trinajstić information content (AvgIpc) is 2.62. The summed E-state index contributed by atoms with van der Waals surface area (Å²) in [5.41, 5.74) is 5.61. The van der Waals surface area contributed by atoms with Crippen molar-refractivity contribution in [1.29, 1.82) is 0 Å². The summed E-state index contributed by atoms with van der Waals surface area (Å²) in [6.45, 7) is 9.77. The number of rotatable bonds is 7. The number of benzene rings is 2. The van der Waals surface area contributed by atoms with Gasteiger partial charge < -0.3 is 14.6 Å². The highest BCUT2D eigenvalue weighted by atomic mass is 16.6. The van der Waals surface area contributed by atoms with Crippen LogP contribution in [0.15, 0.2) is 30.3 Å². The molecule has 5 heteroatoms. The largest absolute Gasteiger partial charge is 0.508 e. The van der Waals surface area contributed by atoms with Crippen LogP contribution >= 0.6 is 0 Å². The number of phenolic OH excluding ortho intramolecular Hbond substituents is 1. The fourth-order valence-corrected chi connectivity index (χ4v) is 3.77. The number of esters is 1. The molecule has 0 aromatic heterocycles. The number of nitrogens with zero attached hydrogens (tertiary/aromatic N) is 1. The molecular formula is C24H31NO4. The quantitative estimate of drug-likeness (QED) is 0.717. The topological polar surface area (TPSA) is 59.0 Å². The lowest BCUT2D eigenvalue weighted by molar-refractivity contribution is -0.158. The number of likely N-dealkylation sites (N-methyl/N-ethyl adjacent to an activating group) is 1. The normalized spacial score (nSPS) is 14.7. The van der Waals surface area contributed by atoms with Crippen LogP contribution in [0.3, 0.4) is 0 Å². The molecule has 2 aromatic rings. The summed E-state index contributed by atoms with van der Waals surface area (Å²) in [4.78, 5) is 14.0. The predicted molar refractivity (Wildman–Crippen MR) is 114 cm³/mol. The lowest BCUT2D eigenvalue weighted by Crippen LogP contribution is -2.50. The molecule has 1 fully saturated rings. The van der Waals surface area contributed by atoms with Crippen LogP contribution in [0.1, 0.15) is 47.6 Å². The summed E-state index contributed by atoms with van der Waals surface area (Å²) in [6.07, 6.45) is 0.776. The molecule has 29 heavy (non-hydrogen) atoms. The van der Waals surface area contributed by atoms with Crippen LogP contribution in [0.5, 0.6) is 11.5 Å². The SMILES string of the molecule is Cc1cc(OCC(=O)OC2CN(C)C2)cc(C)c1Cc1ccc(O)c(C(C)C)c1. The average molecular weight is 398 g/mol. The van der Waals surface area contributed by atoms with E-state index in [4.69, 9.17) is 9.47 Å². The predicted octanol–water partition coefficient (Wildman–Crippen LogP) is 3.96. The lowest BCUT2D eigenvalue weighted by Gasteiger charge is -2.35. The van der Waals surface area contributed by atoms with Gasteiger partial charge in [0.1, 0.15) is 17.6 Å². The number of likely N-dealkylation sites (tertiary alicyclic amines) is 1. The Morgan fingerprint density at radius 2 is 1.83 bits per heavy atom. The molecule has 0 unspecified atom stereocenters. The molecule has 0 bridgehead atoms. The van der Waals surface area contributed by atoms with Crippen molar-refractivity contribution in [3.05, 3.63) is 58.1 Å². The van der Waals surface area contributed by atoms with Crippen LogP contribution < -0.4 is 4.74 Å². The maximum Gasteiger partial charge on any atom is 0.344 e. The number of aromatic hydroxyl groups is 1. The molecule has 1 aliphatic rings. The van der Waals surface area contributed by atoms with Gasteiger partial charge in [0.15, 0.2) is 6.61 Å². The molecule has 1 N–H and O–H groups in total. The van der Waals surface area contributed by atoms with Gasteiger partial charge in [0.25, 0.3) is 0 Å². The number of carbonyl (C=O) groups is 1. The third kappa shape index (κ3) is 5.30. The van der Waals surface area contributed by atoms with Crippen molar-refractivity contribution in [2.75, 3.05) is 26.7 Å². The second kappa shape index (κ2) is 8.87. The van der Waals surface area contributed by atoms with E-state index >= 15 is 0 Å². The highest BCUT2D eigenvalue weighted by Crippen LogP contribution is 2.29. The van der Waals surface area contributed by atoms with Crippen LogP contribution in [0.25, 0.3) is 0 Å². The minimum atomic E-state index is -0.326. The second-order valence-electron chi connectivity index (χ2n) is 8.38. The van der Waals surface area contributed by atoms with Gasteiger partial charge in [-0.05, 0) is 79.3 Å². The number of aryl methyl sites for hydroxylation is 2. The molecule has 0 saturated carbocycles. The van der Waals surface area contributed by atoms with Crippen LogP contribution in [-0.2, 0) is 16.0 Å². The van der Waals surface area contributed by atoms with Gasteiger partial charge in [0.2, 0.25) is 0 Å². The molecule has 0 aliphatic carbocycles. The van der Waals surface area contributed by atoms with Crippen LogP contribution in [0.2, 0.25) is 0 Å². The fraction of sp³-hybridized carbons (Fsp3) is 0.458. The summed E-state index contributed by atoms with van der Waals surface area (Å²) in [7, 11) is 2.00. The highest BCUT2D eigenvalue weighted by molar-refractivity contribution is 5.71. The number of hydrogen-bond donors (Lipinski definition) is 1. The van der Waals surface area contributed by atoms with Crippen molar-refractivity contribution < 1.29 is 19.4 Å². The summed E-state index contributed by atoms with van der Waals surface area (Å²) in [5, 5.41) is 10.1. The number of ether oxygens (including phenoxy) is 2. The molecule has 5 nitrogen and oxygen atoms in total. The van der Waals surface area contributed by atoms with E-state index in [1.165, 1.54) is 11.1 Å². The molecule has 1 saturated heterocycles. The van der Waals surface area contributed by atoms with E-state index in [-0.39, 0.29) is 24.6 Å². The Labute approximate surface area is 173 Å². The zero-order chi connectivity index (χ0) is 21.1. The minimum Gasteiger partial charge on any atom is -0.508 e. The van der Waals surface area contributed by atoms with Gasteiger partial charge in [-0.25, -0.2) is 4.79 Å². The first kappa shape index (κ1) is 21.2. The van der Waals surface area contributed by atoms with Gasteiger partial charge in [-0.3, -0.25) is 4.90 Å². The second-order valence-corrected chi connectivity index (χ2v) is 8.38. The Bertz CT molecular complexity index is 861. The number of phenols is 1. The first-order chi connectivity index (χ1) is 13.7. The Morgan fingerprint density at radius 1 is 1.17 bits per heavy atom. The van der Waals surface area contributed by atoms with Crippen molar-refractivity contribution in [3.8, 4) is 11.5 Å². The van der Waals surface area contributed by atoms with Crippen molar-refractivity contribution >= 4 is 5.97 Å². The van der Waals surface area contributed by atoms with E-state index in [0.717, 1.165) is 36.2 Å². The first-order valence-corrected chi connectivity index (χ1v) is 10.2. The lowest BCUT2D eigenvalue weighted by atomic mass is 9.93. The van der Waals surface area contributed by atoms with Gasteiger partial charge >= 0.3 is 5.97 Å². The number of carbonyl (C=O) groups excluding carboxylic acids is 1. The molecule has 0 amide bonds. The summed E-state index contributed by atoms with van der Waals surface area (Å²) >= 11 is 0. The van der Waals surface area contributed by atoms with Gasteiger partial charge in [-0.2, -0.15) is 0 Å². The fourth-order valence-electron chi connectivity index (χ4n) is 3.77. The Balaban J connectivity index is 1.65. The van der Waals surface area contributed by atoms with E-state index in [2.05, 4.69) is 38.7 Å². The molecule has 0 spiro atoms. The Kier molecular flexibility index (Phi) is 6.48. The third-order valence-electron chi connectivity index (χ3n) is 5.45. The Hall–Kier alpha value is -2.53. The summed E-state index contributed by atoms with van der Waals surface area (Å²) < 4.78 is 11.0. The summed E-state index contributed by atoms with van der Waals surface area (Å²) in [5.74, 6) is 0.974. The van der Waals surface area contributed by atoms with Gasteiger partial charge in [-0.15, -0.1) is 0 Å². The maximum atomic E-state index is 11.9. The van der Waals surface area contributed by atoms with Crippen molar-refractivity contribution in [2.24, 2.45) is 0 Å². The molecular weight excluding hydrogens is 366 g/mol. The zero-order valence-corrected chi connectivity index (χ0v) is 18.0. The molecule has 0 atom stereocenters. The monoisotopic (exact) mass is 397 g/mol. The van der Waals surface area contributed by atoms with Crippen LogP contribution in [-0.4, -0.2) is 48.8 Å². The van der Waals surface area contributed by atoms with E-state index < -0.39 is 0 Å². The molecule has 0 radical (unpaired) electrons. The van der Waals surface area contributed by atoms with Crippen molar-refractivity contribution in [3.63, 3.8) is 0 Å². The van der Waals surface area contributed by atoms with E-state index in [0.29, 0.717) is 11.5 Å². The van der Waals surface area contributed by atoms with Crippen LogP contribution in [0.4, 0.5) is 0 Å². The first-order valence-electron chi connectivity index (χ1n) is 10.2. The summed E-state index contributed by atoms with van der Waals surface area (Å²) in [6, 6.07) is 9.76. The smallest absolute Gasteiger partial charge is 0.344 e. The minimum absolute atomic E-state index is 0.0111. The molecule has 1 heterocycles. The molecule has 156 valence electrons. The highest BCUT2D eigenvalue weighted by Gasteiger charge is 2.26. The van der Waals surface area contributed by atoms with Crippen molar-refractivity contribution in [1.82, 2.24) is 4.90 Å². The van der Waals surface area contributed by atoms with Crippen LogP contribution in [0, 0.1) is 13.8 Å². The molecule has 1 aliphatic heterocycles. The molecule has 3 rings (SSSR count). The Morgan fingerprint density at radius 3 is 2.41 bits per heavy atom. The van der Waals surface area contributed by atoms with Crippen molar-refractivity contribution in [2.45, 2.75) is 46.1 Å². The van der Waals surface area contributed by atoms with E-state index in [9.17, 15) is 9.90 Å². The standard InChI is InChI=1S/C24H31NO4/c1-15(2)21-10-18(6-7-23(21)26)11-22-16(3)8-19(9-17(22)4)28-14-24(27)29-20-12-25(5)13-20/h6-10,15,20,26H,11-14H2,1-5H3. The van der Waals surface area contributed by atoms with Gasteiger partial charge in [0, 0.05) is 13.1 Å². The maximum absolute atomic E-state index is 11.9. The number of hydrogen-bond acceptors (Lipinski definition) is 5. The van der Waals surface area contributed by atoms with Gasteiger partial charge in [-0.1, -0.05) is 26.0 Å². The van der Waals surface area contributed by atoms with E-state index in [1.807, 2.05) is 25.2 Å². The van der Waals surface area contributed by atoms with Gasteiger partial charge in [0.05, 0.1) is 0 Å². The molecule has 2 aromatic carbocycles. The zero-order valence-electron chi connectivity index (χ0n) is 18.0. The van der Waals surface area contributed by atoms with E-state index in [1.54, 1.807) is 6.07 Å². The third-order valence-corrected chi connectivity index (χ3v) is 5.45.